The molecule has 0 heterocycles. The summed E-state index contributed by atoms with van der Waals surface area (Å²) >= 11 is 0. The lowest BCUT2D eigenvalue weighted by molar-refractivity contribution is -0.145. The van der Waals surface area contributed by atoms with Crippen LogP contribution in [-0.2, 0) is 14.2 Å². The third kappa shape index (κ3) is 6.28. The van der Waals surface area contributed by atoms with Crippen LogP contribution < -0.4 is 0 Å². The summed E-state index contributed by atoms with van der Waals surface area (Å²) in [6, 6.07) is 0. The van der Waals surface area contributed by atoms with Gasteiger partial charge in [0, 0.05) is 5.92 Å². The topological polar surface area (TPSA) is 74.7 Å². The molecular formula is C9H18NO4P. The van der Waals surface area contributed by atoms with E-state index >= 15 is 0 Å². The van der Waals surface area contributed by atoms with Crippen LogP contribution in [-0.4, -0.2) is 48.0 Å². The van der Waals surface area contributed by atoms with E-state index in [9.17, 15) is 14.2 Å². The second-order valence-corrected chi connectivity index (χ2v) is 7.73. The maximum Gasteiger partial charge on any atom is 0.323 e. The lowest BCUT2D eigenvalue weighted by atomic mass is 10.2. The first kappa shape index (κ1) is 14.2. The molecule has 5 nitrogen and oxygen atoms in total. The highest BCUT2D eigenvalue weighted by Crippen LogP contribution is 2.36. The van der Waals surface area contributed by atoms with Crippen molar-refractivity contribution in [3.05, 3.63) is 0 Å². The monoisotopic (exact) mass is 235 g/mol. The molecule has 0 aliphatic rings. The Kier molecular flexibility index (Phi) is 5.01. The Bertz CT molecular complexity index is 294. The van der Waals surface area contributed by atoms with Crippen LogP contribution in [0.2, 0.25) is 0 Å². The van der Waals surface area contributed by atoms with Crippen molar-refractivity contribution in [1.82, 2.24) is 4.90 Å². The molecule has 0 bridgehead atoms. The largest absolute Gasteiger partial charge is 0.480 e. The number of hydrogen-bond acceptors (Lipinski definition) is 3. The van der Waals surface area contributed by atoms with Gasteiger partial charge in [0.05, 0.1) is 6.29 Å². The van der Waals surface area contributed by atoms with Crippen molar-refractivity contribution in [3.8, 4) is 0 Å². The average Bonchev–Trinajstić information content (AvgIpc) is 1.97. The van der Waals surface area contributed by atoms with Gasteiger partial charge in [0.1, 0.15) is 13.7 Å². The van der Waals surface area contributed by atoms with Crippen molar-refractivity contribution in [2.45, 2.75) is 13.8 Å². The zero-order valence-electron chi connectivity index (χ0n) is 9.56. The van der Waals surface area contributed by atoms with Crippen LogP contribution in [0, 0.1) is 5.92 Å². The molecule has 88 valence electrons. The quantitative estimate of drug-likeness (QED) is 0.725. The Morgan fingerprint density at radius 1 is 1.33 bits per heavy atom. The molecular weight excluding hydrogens is 217 g/mol. The number of carboxylic acids is 1. The Morgan fingerprint density at radius 2 is 1.80 bits per heavy atom. The van der Waals surface area contributed by atoms with Gasteiger partial charge in [0.2, 0.25) is 5.91 Å². The number of carbonyl (C=O) groups excluding carboxylic acids is 1. The fraction of sp³-hybridized carbons (Fsp3) is 0.778. The number of amides is 1. The van der Waals surface area contributed by atoms with Crippen LogP contribution in [0.25, 0.3) is 0 Å². The highest BCUT2D eigenvalue weighted by Gasteiger charge is 2.23. The number of carbonyl (C=O) groups is 2. The summed E-state index contributed by atoms with van der Waals surface area (Å²) < 4.78 is 11.5. The Labute approximate surface area is 89.8 Å². The summed E-state index contributed by atoms with van der Waals surface area (Å²) in [4.78, 5) is 23.3. The summed E-state index contributed by atoms with van der Waals surface area (Å²) in [6.45, 7) is 6.06. The molecule has 0 unspecified atom stereocenters. The molecule has 0 radical (unpaired) electrons. The van der Waals surface area contributed by atoms with Gasteiger partial charge in [-0.3, -0.25) is 9.59 Å². The van der Waals surface area contributed by atoms with E-state index in [0.717, 1.165) is 4.90 Å². The van der Waals surface area contributed by atoms with Crippen LogP contribution in [0.5, 0.6) is 0 Å². The van der Waals surface area contributed by atoms with E-state index in [0.29, 0.717) is 0 Å². The molecule has 0 aliphatic heterocycles. The minimum absolute atomic E-state index is 0.0241. The van der Waals surface area contributed by atoms with Crippen LogP contribution in [0.1, 0.15) is 13.8 Å². The molecule has 0 rings (SSSR count). The number of hydrogen-bond donors (Lipinski definition) is 1. The second kappa shape index (κ2) is 5.31. The Hall–Kier alpha value is -0.830. The number of nitrogens with zero attached hydrogens (tertiary/aromatic N) is 1. The molecule has 6 heteroatoms. The molecule has 0 aliphatic carbocycles. The van der Waals surface area contributed by atoms with Gasteiger partial charge >= 0.3 is 5.97 Å². The zero-order valence-corrected chi connectivity index (χ0v) is 10.5. The van der Waals surface area contributed by atoms with E-state index in [4.69, 9.17) is 5.11 Å². The van der Waals surface area contributed by atoms with Gasteiger partial charge < -0.3 is 14.6 Å². The Balaban J connectivity index is 4.66. The maximum absolute atomic E-state index is 11.6. The van der Waals surface area contributed by atoms with Crippen LogP contribution >= 0.6 is 7.14 Å². The SMILES string of the molecule is CC(C)C(=O)N(CC(=O)O)CP(C)(C)=O. The molecule has 0 fully saturated rings. The van der Waals surface area contributed by atoms with Crippen molar-refractivity contribution in [2.24, 2.45) is 5.92 Å². The standard InChI is InChI=1S/C9H18NO4P/c1-7(2)9(13)10(5-8(11)12)6-15(3,4)14/h7H,5-6H2,1-4H3,(H,11,12). The van der Waals surface area contributed by atoms with Gasteiger partial charge in [-0.15, -0.1) is 0 Å². The first-order chi connectivity index (χ1) is 6.63. The lowest BCUT2D eigenvalue weighted by Crippen LogP contribution is -2.38. The van der Waals surface area contributed by atoms with Gasteiger partial charge in [-0.2, -0.15) is 0 Å². The van der Waals surface area contributed by atoms with E-state index in [2.05, 4.69) is 0 Å². The highest BCUT2D eigenvalue weighted by atomic mass is 31.2. The van der Waals surface area contributed by atoms with Gasteiger partial charge in [-0.1, -0.05) is 13.8 Å². The van der Waals surface area contributed by atoms with E-state index in [1.165, 1.54) is 13.3 Å². The molecule has 0 spiro atoms. The lowest BCUT2D eigenvalue weighted by Gasteiger charge is -2.24. The van der Waals surface area contributed by atoms with Crippen molar-refractivity contribution in [2.75, 3.05) is 26.2 Å². The molecule has 1 amide bonds. The van der Waals surface area contributed by atoms with E-state index < -0.39 is 13.1 Å². The predicted octanol–water partition coefficient (Wildman–Crippen LogP) is 1.14. The van der Waals surface area contributed by atoms with Crippen LogP contribution in [0.4, 0.5) is 0 Å². The van der Waals surface area contributed by atoms with E-state index in [-0.39, 0.29) is 24.7 Å². The summed E-state index contributed by atoms with van der Waals surface area (Å²) in [5.74, 6) is -1.64. The van der Waals surface area contributed by atoms with E-state index in [1.807, 2.05) is 0 Å². The molecule has 15 heavy (non-hydrogen) atoms. The van der Waals surface area contributed by atoms with Crippen LogP contribution in [0.15, 0.2) is 0 Å². The van der Waals surface area contributed by atoms with Gasteiger partial charge in [0.25, 0.3) is 0 Å². The number of rotatable bonds is 5. The molecule has 0 aromatic heterocycles. The fourth-order valence-corrected chi connectivity index (χ4v) is 2.20. The van der Waals surface area contributed by atoms with Crippen molar-refractivity contribution >= 4 is 19.0 Å². The normalized spacial score (nSPS) is 11.5. The molecule has 0 aromatic rings. The molecule has 0 aromatic carbocycles. The molecule has 0 saturated heterocycles. The minimum Gasteiger partial charge on any atom is -0.480 e. The third-order valence-corrected chi connectivity index (χ3v) is 2.67. The van der Waals surface area contributed by atoms with Crippen molar-refractivity contribution < 1.29 is 19.3 Å². The second-order valence-electron chi connectivity index (χ2n) is 4.30. The first-order valence-electron chi connectivity index (χ1n) is 4.68. The molecule has 1 N–H and O–H groups in total. The highest BCUT2D eigenvalue weighted by molar-refractivity contribution is 7.62. The van der Waals surface area contributed by atoms with Crippen molar-refractivity contribution in [3.63, 3.8) is 0 Å². The summed E-state index contributed by atoms with van der Waals surface area (Å²) in [5, 5.41) is 8.63. The molecule has 0 saturated carbocycles. The Morgan fingerprint density at radius 3 is 2.07 bits per heavy atom. The third-order valence-electron chi connectivity index (χ3n) is 1.64. The minimum atomic E-state index is -2.43. The fourth-order valence-electron chi connectivity index (χ4n) is 1.14. The van der Waals surface area contributed by atoms with Gasteiger partial charge in [-0.25, -0.2) is 0 Å². The van der Waals surface area contributed by atoms with Crippen molar-refractivity contribution in [1.29, 1.82) is 0 Å². The average molecular weight is 235 g/mol. The predicted molar refractivity (Wildman–Crippen MR) is 58.5 cm³/mol. The molecule has 0 atom stereocenters. The van der Waals surface area contributed by atoms with Gasteiger partial charge in [0.15, 0.2) is 0 Å². The van der Waals surface area contributed by atoms with Gasteiger partial charge in [-0.05, 0) is 13.3 Å². The zero-order chi connectivity index (χ0) is 12.2. The first-order valence-corrected chi connectivity index (χ1v) is 7.46. The summed E-state index contributed by atoms with van der Waals surface area (Å²) in [6.07, 6.45) is 0.0241. The summed E-state index contributed by atoms with van der Waals surface area (Å²) in [7, 11) is -2.43. The van der Waals surface area contributed by atoms with Crippen LogP contribution in [0.3, 0.4) is 0 Å². The maximum atomic E-state index is 11.6. The smallest absolute Gasteiger partial charge is 0.323 e. The van der Waals surface area contributed by atoms with E-state index in [1.54, 1.807) is 13.8 Å². The number of carboxylic acid groups (broad SMARTS) is 1. The summed E-state index contributed by atoms with van der Waals surface area (Å²) in [5.41, 5.74) is 0. The number of aliphatic carboxylic acids is 1.